The lowest BCUT2D eigenvalue weighted by Gasteiger charge is -2.28. The summed E-state index contributed by atoms with van der Waals surface area (Å²) in [5.74, 6) is 0.548. The van der Waals surface area contributed by atoms with Crippen LogP contribution >= 0.6 is 0 Å². The molecule has 116 valence electrons. The van der Waals surface area contributed by atoms with Crippen LogP contribution in [0, 0.1) is 0 Å². The zero-order chi connectivity index (χ0) is 16.2. The standard InChI is InChI=1S/C14H18N6O2/c1-6-7-19-13-15-11-10(20(13)9(3)8(2)16-19)12(21)18(5)14(22)17(11)4/h6,9H,1,7H2,2-5H3. The Kier molecular flexibility index (Phi) is 3.05. The molecule has 0 saturated heterocycles. The van der Waals surface area contributed by atoms with Gasteiger partial charge in [-0.1, -0.05) is 6.08 Å². The molecule has 1 aliphatic heterocycles. The summed E-state index contributed by atoms with van der Waals surface area (Å²) >= 11 is 0. The molecule has 3 heterocycles. The van der Waals surface area contributed by atoms with E-state index in [0.717, 1.165) is 10.3 Å². The van der Waals surface area contributed by atoms with E-state index in [4.69, 9.17) is 0 Å². The van der Waals surface area contributed by atoms with Gasteiger partial charge in [-0.15, -0.1) is 6.58 Å². The summed E-state index contributed by atoms with van der Waals surface area (Å²) < 4.78 is 4.32. The van der Waals surface area contributed by atoms with Gasteiger partial charge in [0.25, 0.3) is 5.56 Å². The molecule has 22 heavy (non-hydrogen) atoms. The van der Waals surface area contributed by atoms with E-state index in [2.05, 4.69) is 16.7 Å². The molecule has 0 fully saturated rings. The molecule has 0 aliphatic carbocycles. The molecule has 0 amide bonds. The van der Waals surface area contributed by atoms with E-state index in [9.17, 15) is 9.59 Å². The fourth-order valence-electron chi connectivity index (χ4n) is 2.70. The van der Waals surface area contributed by atoms with E-state index in [-0.39, 0.29) is 11.6 Å². The molecule has 2 aromatic heterocycles. The Labute approximate surface area is 126 Å². The third kappa shape index (κ3) is 1.69. The molecule has 1 unspecified atom stereocenters. The van der Waals surface area contributed by atoms with Gasteiger partial charge in [0.15, 0.2) is 11.2 Å². The highest BCUT2D eigenvalue weighted by Gasteiger charge is 2.29. The molecule has 0 N–H and O–H groups in total. The number of rotatable bonds is 2. The van der Waals surface area contributed by atoms with Gasteiger partial charge >= 0.3 is 5.69 Å². The van der Waals surface area contributed by atoms with Gasteiger partial charge in [-0.3, -0.25) is 18.5 Å². The minimum absolute atomic E-state index is 0.105. The van der Waals surface area contributed by atoms with Crippen molar-refractivity contribution in [3.05, 3.63) is 33.5 Å². The number of hydrazone groups is 1. The van der Waals surface area contributed by atoms with E-state index in [1.165, 1.54) is 11.6 Å². The van der Waals surface area contributed by atoms with Gasteiger partial charge in [-0.25, -0.2) is 9.80 Å². The zero-order valence-electron chi connectivity index (χ0n) is 13.1. The average Bonchev–Trinajstić information content (AvgIpc) is 2.89. The minimum Gasteiger partial charge on any atom is -0.294 e. The molecule has 0 radical (unpaired) electrons. The van der Waals surface area contributed by atoms with Crippen molar-refractivity contribution in [1.29, 1.82) is 0 Å². The highest BCUT2D eigenvalue weighted by Crippen LogP contribution is 2.29. The number of fused-ring (bicyclic) bond motifs is 3. The highest BCUT2D eigenvalue weighted by atomic mass is 16.2. The molecule has 1 atom stereocenters. The summed E-state index contributed by atoms with van der Waals surface area (Å²) in [5, 5.41) is 6.18. The summed E-state index contributed by atoms with van der Waals surface area (Å²) in [4.78, 5) is 29.1. The first kappa shape index (κ1) is 14.3. The van der Waals surface area contributed by atoms with Crippen LogP contribution in [0.3, 0.4) is 0 Å². The van der Waals surface area contributed by atoms with Gasteiger partial charge in [0.2, 0.25) is 5.95 Å². The van der Waals surface area contributed by atoms with Crippen molar-refractivity contribution in [2.24, 2.45) is 19.2 Å². The van der Waals surface area contributed by atoms with Gasteiger partial charge in [-0.2, -0.15) is 10.1 Å². The molecule has 1 aliphatic rings. The molecule has 0 bridgehead atoms. The topological polar surface area (TPSA) is 77.4 Å². The van der Waals surface area contributed by atoms with Crippen molar-refractivity contribution in [2.75, 3.05) is 11.6 Å². The average molecular weight is 302 g/mol. The van der Waals surface area contributed by atoms with Crippen LogP contribution in [0.4, 0.5) is 5.95 Å². The number of aryl methyl sites for hydroxylation is 1. The quantitative estimate of drug-likeness (QED) is 0.751. The van der Waals surface area contributed by atoms with Crippen LogP contribution in [0.5, 0.6) is 0 Å². The van der Waals surface area contributed by atoms with E-state index in [1.54, 1.807) is 18.1 Å². The van der Waals surface area contributed by atoms with Crippen molar-refractivity contribution in [3.63, 3.8) is 0 Å². The van der Waals surface area contributed by atoms with E-state index < -0.39 is 5.69 Å². The smallest absolute Gasteiger partial charge is 0.294 e. The normalized spacial score (nSPS) is 17.5. The van der Waals surface area contributed by atoms with Crippen LogP contribution in [0.2, 0.25) is 0 Å². The highest BCUT2D eigenvalue weighted by molar-refractivity contribution is 5.91. The molecular formula is C14H18N6O2. The molecule has 0 saturated carbocycles. The Morgan fingerprint density at radius 2 is 1.95 bits per heavy atom. The van der Waals surface area contributed by atoms with Crippen molar-refractivity contribution < 1.29 is 0 Å². The predicted octanol–water partition coefficient (Wildman–Crippen LogP) is 0.377. The first-order chi connectivity index (χ1) is 10.4. The molecular weight excluding hydrogens is 284 g/mol. The van der Waals surface area contributed by atoms with Crippen LogP contribution < -0.4 is 16.3 Å². The minimum atomic E-state index is -0.395. The van der Waals surface area contributed by atoms with E-state index in [1.807, 2.05) is 18.4 Å². The van der Waals surface area contributed by atoms with Gasteiger partial charge in [0.1, 0.15) is 0 Å². The molecule has 0 spiro atoms. The van der Waals surface area contributed by atoms with Crippen LogP contribution in [-0.2, 0) is 14.1 Å². The van der Waals surface area contributed by atoms with Crippen molar-refractivity contribution >= 4 is 22.8 Å². The summed E-state index contributed by atoms with van der Waals surface area (Å²) in [7, 11) is 3.08. The second-order valence-corrected chi connectivity index (χ2v) is 5.45. The predicted molar refractivity (Wildman–Crippen MR) is 85.6 cm³/mol. The molecule has 8 heteroatoms. The lowest BCUT2D eigenvalue weighted by atomic mass is 10.2. The number of nitrogens with zero attached hydrogens (tertiary/aromatic N) is 6. The third-order valence-electron chi connectivity index (χ3n) is 4.08. The lowest BCUT2D eigenvalue weighted by Crippen LogP contribution is -2.38. The zero-order valence-corrected chi connectivity index (χ0v) is 13.1. The second-order valence-electron chi connectivity index (χ2n) is 5.45. The number of aromatic nitrogens is 4. The van der Waals surface area contributed by atoms with Crippen LogP contribution in [0.1, 0.15) is 19.9 Å². The third-order valence-corrected chi connectivity index (χ3v) is 4.08. The summed E-state index contributed by atoms with van der Waals surface area (Å²) in [6.07, 6.45) is 1.72. The summed E-state index contributed by atoms with van der Waals surface area (Å²) in [6.45, 7) is 8.06. The second kappa shape index (κ2) is 4.69. The Balaban J connectivity index is 2.47. The molecule has 2 aromatic rings. The van der Waals surface area contributed by atoms with Crippen molar-refractivity contribution in [2.45, 2.75) is 19.9 Å². The Hall–Kier alpha value is -2.64. The lowest BCUT2D eigenvalue weighted by molar-refractivity contribution is 0.647. The fourth-order valence-corrected chi connectivity index (χ4v) is 2.70. The summed E-state index contributed by atoms with van der Waals surface area (Å²) in [5.41, 5.74) is 0.902. The molecule has 3 rings (SSSR count). The number of imidazole rings is 1. The maximum absolute atomic E-state index is 12.6. The van der Waals surface area contributed by atoms with Crippen LogP contribution in [-0.4, -0.2) is 30.9 Å². The van der Waals surface area contributed by atoms with Gasteiger partial charge < -0.3 is 0 Å². The van der Waals surface area contributed by atoms with Crippen molar-refractivity contribution in [1.82, 2.24) is 18.7 Å². The Morgan fingerprint density at radius 3 is 2.59 bits per heavy atom. The van der Waals surface area contributed by atoms with E-state index >= 15 is 0 Å². The maximum atomic E-state index is 12.6. The monoisotopic (exact) mass is 302 g/mol. The SMILES string of the molecule is C=CCN1N=C(C)C(C)n2c1nc1c2c(=O)n(C)c(=O)n1C. The number of hydrogen-bond acceptors (Lipinski definition) is 5. The Bertz CT molecular complexity index is 929. The Morgan fingerprint density at radius 1 is 1.27 bits per heavy atom. The maximum Gasteiger partial charge on any atom is 0.332 e. The first-order valence-corrected chi connectivity index (χ1v) is 7.00. The summed E-state index contributed by atoms with van der Waals surface area (Å²) in [6, 6.07) is -0.105. The van der Waals surface area contributed by atoms with Gasteiger partial charge in [0, 0.05) is 14.1 Å². The van der Waals surface area contributed by atoms with Crippen molar-refractivity contribution in [3.8, 4) is 0 Å². The van der Waals surface area contributed by atoms with E-state index in [0.29, 0.717) is 23.7 Å². The first-order valence-electron chi connectivity index (χ1n) is 7.00. The van der Waals surface area contributed by atoms with Crippen LogP contribution in [0.15, 0.2) is 27.3 Å². The number of anilines is 1. The largest absolute Gasteiger partial charge is 0.332 e. The number of hydrogen-bond donors (Lipinski definition) is 0. The molecule has 8 nitrogen and oxygen atoms in total. The van der Waals surface area contributed by atoms with Gasteiger partial charge in [0.05, 0.1) is 18.3 Å². The van der Waals surface area contributed by atoms with Crippen LogP contribution in [0.25, 0.3) is 11.2 Å². The fraction of sp³-hybridized carbons (Fsp3) is 0.429. The van der Waals surface area contributed by atoms with Gasteiger partial charge in [-0.05, 0) is 13.8 Å². The molecule has 0 aromatic carbocycles.